The summed E-state index contributed by atoms with van der Waals surface area (Å²) < 4.78 is 18.4. The Morgan fingerprint density at radius 1 is 1.19 bits per heavy atom. The van der Waals surface area contributed by atoms with Crippen molar-refractivity contribution in [3.05, 3.63) is 48.6 Å². The van der Waals surface area contributed by atoms with Crippen molar-refractivity contribution in [1.29, 1.82) is 0 Å². The molecule has 0 fully saturated rings. The largest absolute Gasteiger partial charge is 0.486 e. The van der Waals surface area contributed by atoms with Crippen LogP contribution in [0.5, 0.6) is 11.5 Å². The Labute approximate surface area is 183 Å². The number of urea groups is 1. The number of carbonyl (C=O) groups excluding carboxylic acids is 2. The highest BCUT2D eigenvalue weighted by Crippen LogP contribution is 2.35. The van der Waals surface area contributed by atoms with Crippen LogP contribution in [0.3, 0.4) is 0 Å². The number of imide groups is 1. The van der Waals surface area contributed by atoms with E-state index >= 15 is 0 Å². The van der Waals surface area contributed by atoms with Gasteiger partial charge in [0, 0.05) is 12.1 Å². The zero-order valence-corrected chi connectivity index (χ0v) is 17.7. The summed E-state index contributed by atoms with van der Waals surface area (Å²) in [5.41, 5.74) is 1.87. The van der Waals surface area contributed by atoms with Gasteiger partial charge in [0.1, 0.15) is 19.0 Å². The van der Waals surface area contributed by atoms with Gasteiger partial charge < -0.3 is 23.8 Å². The van der Waals surface area contributed by atoms with E-state index in [2.05, 4.69) is 15.6 Å². The fourth-order valence-corrected chi connectivity index (χ4v) is 3.97. The van der Waals surface area contributed by atoms with Crippen LogP contribution in [0.25, 0.3) is 11.3 Å². The van der Waals surface area contributed by atoms with Gasteiger partial charge in [-0.05, 0) is 37.3 Å². The minimum atomic E-state index is -0.571. The van der Waals surface area contributed by atoms with Crippen LogP contribution in [0.1, 0.15) is 12.7 Å². The van der Waals surface area contributed by atoms with Crippen LogP contribution in [-0.2, 0) is 17.9 Å². The fraction of sp³-hybridized carbons (Fsp3) is 0.286. The predicted octanol–water partition coefficient (Wildman–Crippen LogP) is 3.05. The van der Waals surface area contributed by atoms with Gasteiger partial charge >= 0.3 is 6.03 Å². The minimum Gasteiger partial charge on any atom is -0.486 e. The molecule has 0 bridgehead atoms. The standard InChI is InChI=1S/C21H22N4O5S/c1-2-25-16(14-5-6-17-18(10-14)30-9-8-29-17)12-23-21(25)31-13-19(26)24-20(27)22-11-15-4-3-7-28-15/h3-7,10,12H,2,8-9,11,13H2,1H3,(H2,22,24,26,27). The second-order valence-corrected chi connectivity index (χ2v) is 7.57. The Morgan fingerprint density at radius 2 is 2.03 bits per heavy atom. The lowest BCUT2D eigenvalue weighted by Gasteiger charge is -2.19. The molecule has 1 aliphatic rings. The maximum absolute atomic E-state index is 12.1. The lowest BCUT2D eigenvalue weighted by molar-refractivity contribution is -0.117. The highest BCUT2D eigenvalue weighted by molar-refractivity contribution is 7.99. The third kappa shape index (κ3) is 5.02. The average Bonchev–Trinajstić information content (AvgIpc) is 3.45. The van der Waals surface area contributed by atoms with Crippen molar-refractivity contribution < 1.29 is 23.5 Å². The Bertz CT molecular complexity index is 1060. The SMILES string of the molecule is CCn1c(-c2ccc3c(c2)OCCO3)cnc1SCC(=O)NC(=O)NCc1ccco1. The molecule has 3 amide bonds. The van der Waals surface area contributed by atoms with Crippen molar-refractivity contribution in [2.24, 2.45) is 0 Å². The first-order valence-corrected chi connectivity index (χ1v) is 10.8. The van der Waals surface area contributed by atoms with Crippen molar-refractivity contribution >= 4 is 23.7 Å². The van der Waals surface area contributed by atoms with Gasteiger partial charge in [-0.25, -0.2) is 9.78 Å². The Balaban J connectivity index is 1.35. The molecule has 0 radical (unpaired) electrons. The second kappa shape index (κ2) is 9.61. The number of fused-ring (bicyclic) bond motifs is 1. The number of imidazole rings is 1. The first-order chi connectivity index (χ1) is 15.1. The molecule has 0 aliphatic carbocycles. The average molecular weight is 442 g/mol. The number of rotatable bonds is 7. The van der Waals surface area contributed by atoms with Crippen molar-refractivity contribution in [3.63, 3.8) is 0 Å². The van der Waals surface area contributed by atoms with Gasteiger partial charge in [-0.3, -0.25) is 10.1 Å². The number of amides is 3. The van der Waals surface area contributed by atoms with E-state index in [4.69, 9.17) is 13.9 Å². The molecule has 2 aromatic heterocycles. The maximum atomic E-state index is 12.1. The van der Waals surface area contributed by atoms with Gasteiger partial charge in [0.15, 0.2) is 16.7 Å². The van der Waals surface area contributed by atoms with Crippen molar-refractivity contribution in [2.75, 3.05) is 19.0 Å². The summed E-state index contributed by atoms with van der Waals surface area (Å²) in [5.74, 6) is 1.70. The van der Waals surface area contributed by atoms with Gasteiger partial charge in [-0.15, -0.1) is 0 Å². The number of nitrogens with zero attached hydrogens (tertiary/aromatic N) is 2. The smallest absolute Gasteiger partial charge is 0.321 e. The number of benzene rings is 1. The van der Waals surface area contributed by atoms with Gasteiger partial charge in [0.25, 0.3) is 0 Å². The molecule has 0 spiro atoms. The summed E-state index contributed by atoms with van der Waals surface area (Å²) in [4.78, 5) is 28.5. The number of hydrogen-bond acceptors (Lipinski definition) is 7. The molecular weight excluding hydrogens is 420 g/mol. The highest BCUT2D eigenvalue weighted by atomic mass is 32.2. The van der Waals surface area contributed by atoms with E-state index in [0.717, 1.165) is 17.0 Å². The lowest BCUT2D eigenvalue weighted by Crippen LogP contribution is -2.39. The van der Waals surface area contributed by atoms with Gasteiger partial charge in [0.2, 0.25) is 5.91 Å². The van der Waals surface area contributed by atoms with E-state index < -0.39 is 11.9 Å². The summed E-state index contributed by atoms with van der Waals surface area (Å²) in [5, 5.41) is 5.57. The van der Waals surface area contributed by atoms with E-state index in [-0.39, 0.29) is 12.3 Å². The summed E-state index contributed by atoms with van der Waals surface area (Å²) >= 11 is 1.27. The van der Waals surface area contributed by atoms with Crippen LogP contribution >= 0.6 is 11.8 Å². The minimum absolute atomic E-state index is 0.0613. The zero-order chi connectivity index (χ0) is 21.6. The molecule has 3 aromatic rings. The summed E-state index contributed by atoms with van der Waals surface area (Å²) in [7, 11) is 0. The van der Waals surface area contributed by atoms with Gasteiger partial charge in [0.05, 0.1) is 30.5 Å². The number of nitrogens with one attached hydrogen (secondary N) is 2. The molecule has 0 atom stereocenters. The third-order valence-electron chi connectivity index (χ3n) is 4.56. The quantitative estimate of drug-likeness (QED) is 0.542. The highest BCUT2D eigenvalue weighted by Gasteiger charge is 2.17. The van der Waals surface area contributed by atoms with Crippen LogP contribution in [0.15, 0.2) is 52.4 Å². The number of carbonyl (C=O) groups is 2. The van der Waals surface area contributed by atoms with Gasteiger partial charge in [-0.2, -0.15) is 0 Å². The zero-order valence-electron chi connectivity index (χ0n) is 16.9. The van der Waals surface area contributed by atoms with E-state index in [1.165, 1.54) is 18.0 Å². The van der Waals surface area contributed by atoms with E-state index in [9.17, 15) is 9.59 Å². The molecule has 162 valence electrons. The van der Waals surface area contributed by atoms with E-state index in [1.54, 1.807) is 18.3 Å². The number of hydrogen-bond donors (Lipinski definition) is 2. The van der Waals surface area contributed by atoms with E-state index in [0.29, 0.717) is 36.4 Å². The fourth-order valence-electron chi connectivity index (χ4n) is 3.13. The molecular formula is C21H22N4O5S. The molecule has 31 heavy (non-hydrogen) atoms. The van der Waals surface area contributed by atoms with Crippen molar-refractivity contribution in [2.45, 2.75) is 25.2 Å². The van der Waals surface area contributed by atoms with Gasteiger partial charge in [-0.1, -0.05) is 11.8 Å². The molecule has 10 heteroatoms. The monoisotopic (exact) mass is 442 g/mol. The number of ether oxygens (including phenoxy) is 2. The van der Waals surface area contributed by atoms with Crippen LogP contribution in [0.2, 0.25) is 0 Å². The number of thioether (sulfide) groups is 1. The second-order valence-electron chi connectivity index (χ2n) is 6.63. The molecule has 9 nitrogen and oxygen atoms in total. The Morgan fingerprint density at radius 3 is 2.81 bits per heavy atom. The molecule has 0 saturated heterocycles. The lowest BCUT2D eigenvalue weighted by atomic mass is 10.1. The number of aromatic nitrogens is 2. The normalized spacial score (nSPS) is 12.4. The van der Waals surface area contributed by atoms with Crippen LogP contribution in [0, 0.1) is 0 Å². The summed E-state index contributed by atoms with van der Waals surface area (Å²) in [6.07, 6.45) is 3.29. The van der Waals surface area contributed by atoms with Crippen LogP contribution < -0.4 is 20.1 Å². The molecule has 0 unspecified atom stereocenters. The summed E-state index contributed by atoms with van der Waals surface area (Å²) in [6, 6.07) is 8.67. The Hall–Kier alpha value is -3.40. The van der Waals surface area contributed by atoms with E-state index in [1.807, 2.05) is 29.7 Å². The van der Waals surface area contributed by atoms with Crippen molar-refractivity contribution in [3.8, 4) is 22.8 Å². The molecule has 2 N–H and O–H groups in total. The first kappa shape index (κ1) is 20.9. The predicted molar refractivity (Wildman–Crippen MR) is 114 cm³/mol. The third-order valence-corrected chi connectivity index (χ3v) is 5.55. The molecule has 1 aromatic carbocycles. The molecule has 3 heterocycles. The summed E-state index contributed by atoms with van der Waals surface area (Å²) in [6.45, 7) is 3.96. The van der Waals surface area contributed by atoms with Crippen molar-refractivity contribution in [1.82, 2.24) is 20.2 Å². The van der Waals surface area contributed by atoms with Crippen LogP contribution in [-0.4, -0.2) is 40.5 Å². The van der Waals surface area contributed by atoms with Crippen LogP contribution in [0.4, 0.5) is 4.79 Å². The first-order valence-electron chi connectivity index (χ1n) is 9.82. The molecule has 1 aliphatic heterocycles. The Kier molecular flexibility index (Phi) is 6.46. The topological polar surface area (TPSA) is 108 Å². The molecule has 4 rings (SSSR count). The maximum Gasteiger partial charge on any atom is 0.321 e. The molecule has 0 saturated carbocycles. The number of furan rings is 1.